The second kappa shape index (κ2) is 7.25. The molecule has 1 aromatic heterocycles. The van der Waals surface area contributed by atoms with E-state index in [1.807, 2.05) is 48.5 Å². The van der Waals surface area contributed by atoms with Crippen LogP contribution in [0.15, 0.2) is 48.5 Å². The molecular formula is C19H22N4O2. The number of nitrogen functional groups attached to an aromatic ring is 1. The molecule has 0 aliphatic carbocycles. The predicted molar refractivity (Wildman–Crippen MR) is 98.1 cm³/mol. The SMILES string of the molecule is COc1cccc(-c2nc(OCC(C)C)nn2-c2ccc(N)cc2)c1. The van der Waals surface area contributed by atoms with Crippen LogP contribution in [0.1, 0.15) is 13.8 Å². The van der Waals surface area contributed by atoms with E-state index >= 15 is 0 Å². The molecule has 0 spiro atoms. The zero-order valence-corrected chi connectivity index (χ0v) is 14.6. The number of hydrogen-bond donors (Lipinski definition) is 1. The van der Waals surface area contributed by atoms with Crippen molar-refractivity contribution in [2.24, 2.45) is 5.92 Å². The summed E-state index contributed by atoms with van der Waals surface area (Å²) in [5, 5.41) is 4.52. The summed E-state index contributed by atoms with van der Waals surface area (Å²) in [7, 11) is 1.64. The fourth-order valence-corrected chi connectivity index (χ4v) is 2.34. The van der Waals surface area contributed by atoms with E-state index in [0.717, 1.165) is 17.0 Å². The molecule has 0 atom stereocenters. The Morgan fingerprint density at radius 3 is 2.56 bits per heavy atom. The Balaban J connectivity index is 2.05. The first-order valence-corrected chi connectivity index (χ1v) is 8.17. The first-order chi connectivity index (χ1) is 12.1. The van der Waals surface area contributed by atoms with Gasteiger partial charge >= 0.3 is 6.01 Å². The molecule has 0 aliphatic heterocycles. The molecule has 0 saturated carbocycles. The van der Waals surface area contributed by atoms with Gasteiger partial charge < -0.3 is 15.2 Å². The molecule has 2 N–H and O–H groups in total. The van der Waals surface area contributed by atoms with Crippen LogP contribution in [0.2, 0.25) is 0 Å². The maximum atomic E-state index is 5.79. The van der Waals surface area contributed by atoms with Crippen molar-refractivity contribution < 1.29 is 9.47 Å². The summed E-state index contributed by atoms with van der Waals surface area (Å²) in [5.74, 6) is 1.83. The van der Waals surface area contributed by atoms with Gasteiger partial charge in [-0.1, -0.05) is 26.0 Å². The molecule has 6 nitrogen and oxygen atoms in total. The largest absolute Gasteiger partial charge is 0.497 e. The molecule has 3 rings (SSSR count). The summed E-state index contributed by atoms with van der Waals surface area (Å²) in [5.41, 5.74) is 8.24. The number of anilines is 1. The summed E-state index contributed by atoms with van der Waals surface area (Å²) in [6.45, 7) is 4.73. The molecule has 0 bridgehead atoms. The molecule has 130 valence electrons. The Kier molecular flexibility index (Phi) is 4.88. The summed E-state index contributed by atoms with van der Waals surface area (Å²) in [6.07, 6.45) is 0. The molecule has 0 radical (unpaired) electrons. The lowest BCUT2D eigenvalue weighted by Crippen LogP contribution is -2.06. The Morgan fingerprint density at radius 1 is 1.12 bits per heavy atom. The highest BCUT2D eigenvalue weighted by molar-refractivity contribution is 5.61. The average molecular weight is 338 g/mol. The van der Waals surface area contributed by atoms with Crippen molar-refractivity contribution >= 4 is 5.69 Å². The minimum atomic E-state index is 0.350. The maximum Gasteiger partial charge on any atom is 0.336 e. The number of methoxy groups -OCH3 is 1. The molecule has 0 amide bonds. The minimum absolute atomic E-state index is 0.350. The number of aromatic nitrogens is 3. The van der Waals surface area contributed by atoms with Crippen LogP contribution in [0, 0.1) is 5.92 Å². The maximum absolute atomic E-state index is 5.79. The van der Waals surface area contributed by atoms with Crippen molar-refractivity contribution in [3.63, 3.8) is 0 Å². The zero-order valence-electron chi connectivity index (χ0n) is 14.6. The van der Waals surface area contributed by atoms with Crippen LogP contribution >= 0.6 is 0 Å². The normalized spacial score (nSPS) is 10.9. The van der Waals surface area contributed by atoms with Crippen molar-refractivity contribution in [1.82, 2.24) is 14.8 Å². The van der Waals surface area contributed by atoms with Crippen LogP contribution in [-0.4, -0.2) is 28.5 Å². The Morgan fingerprint density at radius 2 is 1.88 bits per heavy atom. The Bertz CT molecular complexity index is 841. The van der Waals surface area contributed by atoms with E-state index in [2.05, 4.69) is 23.9 Å². The fourth-order valence-electron chi connectivity index (χ4n) is 2.34. The number of benzene rings is 2. The van der Waals surface area contributed by atoms with E-state index in [-0.39, 0.29) is 0 Å². The Labute approximate surface area is 147 Å². The topological polar surface area (TPSA) is 75.2 Å². The second-order valence-corrected chi connectivity index (χ2v) is 6.16. The number of ether oxygens (including phenoxy) is 2. The average Bonchev–Trinajstić information content (AvgIpc) is 3.05. The quantitative estimate of drug-likeness (QED) is 0.696. The van der Waals surface area contributed by atoms with Crippen LogP contribution in [0.25, 0.3) is 17.1 Å². The second-order valence-electron chi connectivity index (χ2n) is 6.16. The molecule has 0 saturated heterocycles. The third kappa shape index (κ3) is 3.91. The van der Waals surface area contributed by atoms with Gasteiger partial charge in [0, 0.05) is 11.3 Å². The number of hydrogen-bond acceptors (Lipinski definition) is 5. The van der Waals surface area contributed by atoms with Gasteiger partial charge in [0.2, 0.25) is 0 Å². The van der Waals surface area contributed by atoms with E-state index in [4.69, 9.17) is 15.2 Å². The predicted octanol–water partition coefficient (Wildman–Crippen LogP) is 3.56. The van der Waals surface area contributed by atoms with Crippen LogP contribution in [0.4, 0.5) is 5.69 Å². The summed E-state index contributed by atoms with van der Waals surface area (Å²) < 4.78 is 12.8. The van der Waals surface area contributed by atoms with Gasteiger partial charge in [0.15, 0.2) is 5.82 Å². The van der Waals surface area contributed by atoms with E-state index in [1.54, 1.807) is 11.8 Å². The van der Waals surface area contributed by atoms with E-state index in [9.17, 15) is 0 Å². The van der Waals surface area contributed by atoms with Gasteiger partial charge in [0.1, 0.15) is 5.75 Å². The molecular weight excluding hydrogens is 316 g/mol. The van der Waals surface area contributed by atoms with Gasteiger partial charge in [-0.05, 0) is 42.3 Å². The van der Waals surface area contributed by atoms with E-state index in [1.165, 1.54) is 0 Å². The molecule has 25 heavy (non-hydrogen) atoms. The molecule has 6 heteroatoms. The minimum Gasteiger partial charge on any atom is -0.497 e. The van der Waals surface area contributed by atoms with Gasteiger partial charge in [-0.15, -0.1) is 5.10 Å². The summed E-state index contributed by atoms with van der Waals surface area (Å²) >= 11 is 0. The highest BCUT2D eigenvalue weighted by Gasteiger charge is 2.15. The van der Waals surface area contributed by atoms with Gasteiger partial charge in [-0.2, -0.15) is 4.98 Å². The van der Waals surface area contributed by atoms with E-state index in [0.29, 0.717) is 30.0 Å². The number of nitrogens with zero attached hydrogens (tertiary/aromatic N) is 3. The molecule has 0 fully saturated rings. The first-order valence-electron chi connectivity index (χ1n) is 8.17. The van der Waals surface area contributed by atoms with Gasteiger partial charge in [0.05, 0.1) is 19.4 Å². The smallest absolute Gasteiger partial charge is 0.336 e. The lowest BCUT2D eigenvalue weighted by Gasteiger charge is -2.07. The van der Waals surface area contributed by atoms with Crippen molar-refractivity contribution in [3.05, 3.63) is 48.5 Å². The fraction of sp³-hybridized carbons (Fsp3) is 0.263. The lowest BCUT2D eigenvalue weighted by molar-refractivity contribution is 0.251. The molecule has 2 aromatic carbocycles. The van der Waals surface area contributed by atoms with Gasteiger partial charge in [-0.25, -0.2) is 4.68 Å². The van der Waals surface area contributed by atoms with Crippen molar-refractivity contribution in [2.45, 2.75) is 13.8 Å². The highest BCUT2D eigenvalue weighted by atomic mass is 16.5. The van der Waals surface area contributed by atoms with Crippen LogP contribution in [0.5, 0.6) is 11.8 Å². The molecule has 1 heterocycles. The summed E-state index contributed by atoms with van der Waals surface area (Å²) in [6, 6.07) is 15.5. The van der Waals surface area contributed by atoms with Crippen LogP contribution in [0.3, 0.4) is 0 Å². The van der Waals surface area contributed by atoms with Crippen molar-refractivity contribution in [1.29, 1.82) is 0 Å². The van der Waals surface area contributed by atoms with Crippen molar-refractivity contribution in [2.75, 3.05) is 19.5 Å². The lowest BCUT2D eigenvalue weighted by atomic mass is 10.2. The molecule has 3 aromatic rings. The first kappa shape index (κ1) is 16.8. The Hall–Kier alpha value is -3.02. The molecule has 0 aliphatic rings. The van der Waals surface area contributed by atoms with Gasteiger partial charge in [0.25, 0.3) is 0 Å². The summed E-state index contributed by atoms with van der Waals surface area (Å²) in [4.78, 5) is 4.57. The van der Waals surface area contributed by atoms with Crippen molar-refractivity contribution in [3.8, 4) is 28.8 Å². The zero-order chi connectivity index (χ0) is 17.8. The monoisotopic (exact) mass is 338 g/mol. The standard InChI is InChI=1S/C19H22N4O2/c1-13(2)12-25-19-21-18(14-5-4-6-17(11-14)24-3)23(22-19)16-9-7-15(20)8-10-16/h4-11,13H,12,20H2,1-3H3. The van der Waals surface area contributed by atoms with Crippen LogP contribution < -0.4 is 15.2 Å². The number of nitrogens with two attached hydrogens (primary N) is 1. The third-order valence-electron chi connectivity index (χ3n) is 3.60. The van der Waals surface area contributed by atoms with Crippen LogP contribution in [-0.2, 0) is 0 Å². The third-order valence-corrected chi connectivity index (χ3v) is 3.60. The highest BCUT2D eigenvalue weighted by Crippen LogP contribution is 2.27. The molecule has 0 unspecified atom stereocenters. The van der Waals surface area contributed by atoms with E-state index < -0.39 is 0 Å². The number of rotatable bonds is 6. The van der Waals surface area contributed by atoms with Gasteiger partial charge in [-0.3, -0.25) is 0 Å².